The molecule has 0 fully saturated rings. The standard InChI is InChI=1S/C10H12O5/c1-6(12)10(15)3-2-7(5-11)4-8(10)9(13)14/h2-6,8,12,15H,1H3,(H,13,14). The first kappa shape index (κ1) is 11.6. The second-order valence-corrected chi connectivity index (χ2v) is 3.50. The summed E-state index contributed by atoms with van der Waals surface area (Å²) < 4.78 is 0. The number of allylic oxidation sites excluding steroid dienone is 2. The Labute approximate surface area is 86.3 Å². The highest BCUT2D eigenvalue weighted by Gasteiger charge is 2.44. The number of aliphatic hydroxyl groups excluding tert-OH is 1. The quantitative estimate of drug-likeness (QED) is 0.548. The van der Waals surface area contributed by atoms with Gasteiger partial charge in [0.2, 0.25) is 0 Å². The fourth-order valence-corrected chi connectivity index (χ4v) is 1.46. The van der Waals surface area contributed by atoms with Gasteiger partial charge in [0.05, 0.1) is 6.10 Å². The van der Waals surface area contributed by atoms with E-state index >= 15 is 0 Å². The highest BCUT2D eigenvalue weighted by atomic mass is 16.4. The maximum absolute atomic E-state index is 10.9. The van der Waals surface area contributed by atoms with Crippen molar-refractivity contribution in [3.8, 4) is 0 Å². The fraction of sp³-hybridized carbons (Fsp3) is 0.400. The number of hydrogen-bond acceptors (Lipinski definition) is 4. The molecule has 3 unspecified atom stereocenters. The molecule has 0 aliphatic heterocycles. The van der Waals surface area contributed by atoms with Gasteiger partial charge < -0.3 is 15.3 Å². The Balaban J connectivity index is 3.13. The van der Waals surface area contributed by atoms with Crippen molar-refractivity contribution in [1.82, 2.24) is 0 Å². The van der Waals surface area contributed by atoms with Crippen molar-refractivity contribution < 1.29 is 24.9 Å². The van der Waals surface area contributed by atoms with E-state index in [9.17, 15) is 19.8 Å². The zero-order valence-electron chi connectivity index (χ0n) is 8.12. The molecular formula is C10H12O5. The fourth-order valence-electron chi connectivity index (χ4n) is 1.46. The van der Waals surface area contributed by atoms with Crippen molar-refractivity contribution in [1.29, 1.82) is 0 Å². The zero-order valence-corrected chi connectivity index (χ0v) is 8.12. The van der Waals surface area contributed by atoms with Crippen molar-refractivity contribution in [2.75, 3.05) is 0 Å². The summed E-state index contributed by atoms with van der Waals surface area (Å²) in [5.41, 5.74) is -1.69. The molecule has 1 rings (SSSR count). The maximum atomic E-state index is 10.9. The van der Waals surface area contributed by atoms with E-state index in [1.807, 2.05) is 0 Å². The molecule has 0 saturated heterocycles. The Morgan fingerprint density at radius 1 is 1.67 bits per heavy atom. The molecule has 3 atom stereocenters. The summed E-state index contributed by atoms with van der Waals surface area (Å²) in [5, 5.41) is 28.1. The second kappa shape index (κ2) is 3.96. The highest BCUT2D eigenvalue weighted by Crippen LogP contribution is 2.30. The summed E-state index contributed by atoms with van der Waals surface area (Å²) in [7, 11) is 0. The summed E-state index contributed by atoms with van der Waals surface area (Å²) in [6.45, 7) is 1.29. The third kappa shape index (κ3) is 1.98. The van der Waals surface area contributed by atoms with E-state index in [2.05, 4.69) is 0 Å². The van der Waals surface area contributed by atoms with Crippen LogP contribution in [0.1, 0.15) is 6.92 Å². The summed E-state index contributed by atoms with van der Waals surface area (Å²) in [6.07, 6.45) is 2.81. The van der Waals surface area contributed by atoms with Crippen LogP contribution in [-0.4, -0.2) is 39.3 Å². The van der Waals surface area contributed by atoms with Crippen LogP contribution in [0, 0.1) is 5.92 Å². The number of aldehydes is 1. The van der Waals surface area contributed by atoms with E-state index in [1.165, 1.54) is 13.0 Å². The van der Waals surface area contributed by atoms with Crippen LogP contribution in [0.25, 0.3) is 0 Å². The number of aliphatic carboxylic acids is 1. The summed E-state index contributed by atoms with van der Waals surface area (Å²) >= 11 is 0. The van der Waals surface area contributed by atoms with Crippen LogP contribution in [0.2, 0.25) is 0 Å². The van der Waals surface area contributed by atoms with Gasteiger partial charge >= 0.3 is 5.97 Å². The molecule has 1 aliphatic rings. The van der Waals surface area contributed by atoms with Gasteiger partial charge in [-0.15, -0.1) is 0 Å². The zero-order chi connectivity index (χ0) is 11.6. The van der Waals surface area contributed by atoms with Gasteiger partial charge in [0.25, 0.3) is 0 Å². The minimum Gasteiger partial charge on any atom is -0.481 e. The van der Waals surface area contributed by atoms with Gasteiger partial charge in [-0.1, -0.05) is 12.2 Å². The smallest absolute Gasteiger partial charge is 0.313 e. The molecule has 82 valence electrons. The molecule has 0 spiro atoms. The summed E-state index contributed by atoms with van der Waals surface area (Å²) in [4.78, 5) is 21.3. The van der Waals surface area contributed by atoms with Crippen molar-refractivity contribution in [2.24, 2.45) is 5.92 Å². The SMILES string of the molecule is CC(O)C1(O)C=CC(C=O)=CC1C(=O)O. The monoisotopic (exact) mass is 212 g/mol. The average Bonchev–Trinajstić information content (AvgIpc) is 2.17. The lowest BCUT2D eigenvalue weighted by Gasteiger charge is -2.34. The lowest BCUT2D eigenvalue weighted by atomic mass is 9.78. The number of aliphatic hydroxyl groups is 2. The van der Waals surface area contributed by atoms with Crippen LogP contribution in [0.15, 0.2) is 23.8 Å². The Morgan fingerprint density at radius 3 is 2.67 bits per heavy atom. The van der Waals surface area contributed by atoms with Crippen LogP contribution >= 0.6 is 0 Å². The molecule has 0 bridgehead atoms. The van der Waals surface area contributed by atoms with Gasteiger partial charge in [-0.25, -0.2) is 0 Å². The minimum absolute atomic E-state index is 0.174. The first-order chi connectivity index (χ1) is 6.91. The Bertz CT molecular complexity index is 342. The van der Waals surface area contributed by atoms with E-state index in [-0.39, 0.29) is 5.57 Å². The molecule has 0 aromatic heterocycles. The number of carbonyl (C=O) groups is 2. The molecule has 5 heteroatoms. The van der Waals surface area contributed by atoms with Crippen molar-refractivity contribution >= 4 is 12.3 Å². The van der Waals surface area contributed by atoms with Gasteiger partial charge in [-0.05, 0) is 13.0 Å². The molecule has 0 amide bonds. The molecule has 3 N–H and O–H groups in total. The predicted octanol–water partition coefficient (Wildman–Crippen LogP) is -0.506. The Kier molecular flexibility index (Phi) is 3.06. The lowest BCUT2D eigenvalue weighted by Crippen LogP contribution is -2.49. The Morgan fingerprint density at radius 2 is 2.27 bits per heavy atom. The third-order valence-corrected chi connectivity index (χ3v) is 2.47. The van der Waals surface area contributed by atoms with Gasteiger partial charge in [0, 0.05) is 5.57 Å². The molecule has 5 nitrogen and oxygen atoms in total. The van der Waals surface area contributed by atoms with Gasteiger partial charge in [0.15, 0.2) is 0 Å². The first-order valence-corrected chi connectivity index (χ1v) is 4.41. The summed E-state index contributed by atoms with van der Waals surface area (Å²) in [6, 6.07) is 0. The number of carboxylic acid groups (broad SMARTS) is 1. The second-order valence-electron chi connectivity index (χ2n) is 3.50. The number of hydrogen-bond donors (Lipinski definition) is 3. The molecule has 0 aromatic carbocycles. The molecule has 0 heterocycles. The van der Waals surface area contributed by atoms with E-state index in [1.54, 1.807) is 0 Å². The van der Waals surface area contributed by atoms with Crippen LogP contribution in [0.5, 0.6) is 0 Å². The van der Waals surface area contributed by atoms with Crippen LogP contribution in [0.4, 0.5) is 0 Å². The third-order valence-electron chi connectivity index (χ3n) is 2.47. The molecule has 0 radical (unpaired) electrons. The number of rotatable bonds is 3. The predicted molar refractivity (Wildman–Crippen MR) is 51.0 cm³/mol. The normalized spacial score (nSPS) is 31.9. The van der Waals surface area contributed by atoms with Crippen LogP contribution < -0.4 is 0 Å². The lowest BCUT2D eigenvalue weighted by molar-refractivity contribution is -0.151. The van der Waals surface area contributed by atoms with E-state index in [0.29, 0.717) is 6.29 Å². The molecule has 1 aliphatic carbocycles. The van der Waals surface area contributed by atoms with Crippen molar-refractivity contribution in [2.45, 2.75) is 18.6 Å². The molecule has 0 aromatic rings. The minimum atomic E-state index is -1.86. The van der Waals surface area contributed by atoms with Crippen molar-refractivity contribution in [3.63, 3.8) is 0 Å². The van der Waals surface area contributed by atoms with Gasteiger partial charge in [0.1, 0.15) is 17.8 Å². The largest absolute Gasteiger partial charge is 0.481 e. The average molecular weight is 212 g/mol. The van der Waals surface area contributed by atoms with Gasteiger partial charge in [-0.3, -0.25) is 9.59 Å². The van der Waals surface area contributed by atoms with E-state index < -0.39 is 23.6 Å². The Hall–Kier alpha value is -1.46. The number of carbonyl (C=O) groups excluding carboxylic acids is 1. The molecule has 0 saturated carbocycles. The van der Waals surface area contributed by atoms with Gasteiger partial charge in [-0.2, -0.15) is 0 Å². The summed E-state index contributed by atoms with van der Waals surface area (Å²) in [5.74, 6) is -2.61. The molecular weight excluding hydrogens is 200 g/mol. The van der Waals surface area contributed by atoms with Crippen molar-refractivity contribution in [3.05, 3.63) is 23.8 Å². The topological polar surface area (TPSA) is 94.8 Å². The van der Waals surface area contributed by atoms with Crippen LogP contribution in [-0.2, 0) is 9.59 Å². The molecule has 15 heavy (non-hydrogen) atoms. The first-order valence-electron chi connectivity index (χ1n) is 4.41. The highest BCUT2D eigenvalue weighted by molar-refractivity contribution is 5.83. The van der Waals surface area contributed by atoms with E-state index in [4.69, 9.17) is 5.11 Å². The number of carboxylic acids is 1. The maximum Gasteiger partial charge on any atom is 0.313 e. The van der Waals surface area contributed by atoms with Crippen LogP contribution in [0.3, 0.4) is 0 Å². The van der Waals surface area contributed by atoms with E-state index in [0.717, 1.165) is 12.2 Å².